The average Bonchev–Trinajstić information content (AvgIpc) is 2.16. The van der Waals surface area contributed by atoms with Gasteiger partial charge in [-0.05, 0) is 6.07 Å². The van der Waals surface area contributed by atoms with Crippen LogP contribution in [-0.4, -0.2) is 19.2 Å². The molecule has 0 N–H and O–H groups in total. The first-order chi connectivity index (χ1) is 6.63. The van der Waals surface area contributed by atoms with Gasteiger partial charge >= 0.3 is 12.1 Å². The Morgan fingerprint density at radius 3 is 2.71 bits per heavy atom. The van der Waals surface area contributed by atoms with E-state index in [1.165, 1.54) is 31.0 Å². The van der Waals surface area contributed by atoms with Crippen LogP contribution in [0, 0.1) is 0 Å². The van der Waals surface area contributed by atoms with E-state index < -0.39 is 12.1 Å². The van der Waals surface area contributed by atoms with E-state index in [4.69, 9.17) is 4.74 Å². The fraction of sp³-hybridized carbons (Fsp3) is 0.222. The first-order valence-electron chi connectivity index (χ1n) is 3.91. The van der Waals surface area contributed by atoms with Gasteiger partial charge in [-0.15, -0.1) is 0 Å². The van der Waals surface area contributed by atoms with E-state index in [2.05, 4.69) is 4.74 Å². The Bertz CT molecular complexity index is 362. The van der Waals surface area contributed by atoms with Crippen molar-refractivity contribution < 1.29 is 23.6 Å². The number of esters is 1. The van der Waals surface area contributed by atoms with Crippen LogP contribution in [0.4, 0.5) is 4.79 Å². The lowest BCUT2D eigenvalue weighted by atomic mass is 10.4. The molecule has 1 aromatic rings. The van der Waals surface area contributed by atoms with Crippen LogP contribution in [-0.2, 0) is 9.53 Å². The zero-order chi connectivity index (χ0) is 10.6. The minimum Gasteiger partial charge on any atom is -0.420 e. The molecule has 0 atom stereocenters. The summed E-state index contributed by atoms with van der Waals surface area (Å²) >= 11 is 0. The third kappa shape index (κ3) is 2.55. The Morgan fingerprint density at radius 1 is 1.43 bits per heavy atom. The Balaban J connectivity index is 2.89. The summed E-state index contributed by atoms with van der Waals surface area (Å²) in [6.45, 7) is 1.29. The molecule has 0 fully saturated rings. The fourth-order valence-corrected chi connectivity index (χ4v) is 0.899. The molecule has 5 nitrogen and oxygen atoms in total. The van der Waals surface area contributed by atoms with Gasteiger partial charge < -0.3 is 9.47 Å². The van der Waals surface area contributed by atoms with E-state index in [-0.39, 0.29) is 0 Å². The largest absolute Gasteiger partial charge is 0.601 e. The minimum atomic E-state index is -0.543. The summed E-state index contributed by atoms with van der Waals surface area (Å²) in [4.78, 5) is 21.7. The molecule has 14 heavy (non-hydrogen) atoms. The van der Waals surface area contributed by atoms with Crippen LogP contribution in [0.1, 0.15) is 6.92 Å². The number of aromatic nitrogens is 1. The number of rotatable bonds is 1. The fourth-order valence-electron chi connectivity index (χ4n) is 0.899. The molecule has 5 heteroatoms. The van der Waals surface area contributed by atoms with Crippen LogP contribution in [0.2, 0.25) is 0 Å². The van der Waals surface area contributed by atoms with Crippen molar-refractivity contribution in [2.45, 2.75) is 6.92 Å². The van der Waals surface area contributed by atoms with E-state index in [0.717, 1.165) is 0 Å². The highest BCUT2D eigenvalue weighted by Gasteiger charge is 2.15. The van der Waals surface area contributed by atoms with E-state index in [1.54, 1.807) is 12.1 Å². The van der Waals surface area contributed by atoms with Gasteiger partial charge in [-0.3, -0.25) is 4.79 Å². The molecule has 1 rings (SSSR count). The van der Waals surface area contributed by atoms with Gasteiger partial charge in [0.25, 0.3) is 0 Å². The number of hydrogen-bond acceptors (Lipinski definition) is 4. The quantitative estimate of drug-likeness (QED) is 0.485. The Kier molecular flexibility index (Phi) is 3.17. The second-order valence-corrected chi connectivity index (χ2v) is 2.51. The highest BCUT2D eigenvalue weighted by molar-refractivity contribution is 5.69. The normalized spacial score (nSPS) is 9.29. The van der Waals surface area contributed by atoms with Crippen LogP contribution in [0.25, 0.3) is 0 Å². The van der Waals surface area contributed by atoms with Gasteiger partial charge in [0.1, 0.15) is 0 Å². The van der Waals surface area contributed by atoms with Crippen LogP contribution in [0.3, 0.4) is 0 Å². The lowest BCUT2D eigenvalue weighted by Gasteiger charge is -1.97. The van der Waals surface area contributed by atoms with Gasteiger partial charge in [0.05, 0.1) is 7.11 Å². The van der Waals surface area contributed by atoms with Gasteiger partial charge in [-0.25, -0.2) is 0 Å². The van der Waals surface area contributed by atoms with Crippen LogP contribution >= 0.6 is 0 Å². The summed E-state index contributed by atoms with van der Waals surface area (Å²) in [5.74, 6) is -0.141. The second-order valence-electron chi connectivity index (χ2n) is 2.51. The molecule has 0 saturated heterocycles. The summed E-state index contributed by atoms with van der Waals surface area (Å²) in [5.41, 5.74) is 0. The number of ether oxygens (including phenoxy) is 2. The molecule has 1 aromatic heterocycles. The van der Waals surface area contributed by atoms with Gasteiger partial charge in [0.15, 0.2) is 11.9 Å². The summed E-state index contributed by atoms with van der Waals surface area (Å²) in [5, 5.41) is 0. The maximum absolute atomic E-state index is 11.1. The standard InChI is InChI=1S/C9H10NO4/c1-7(11)14-8-4-3-5-10(6-8)9(12)13-2/h3-6H,1-2H3/q+1. The lowest BCUT2D eigenvalue weighted by molar-refractivity contribution is -0.585. The molecular formula is C9H10NO4+. The molecule has 0 saturated carbocycles. The monoisotopic (exact) mass is 196 g/mol. The molecule has 0 aromatic carbocycles. The number of pyridine rings is 1. The van der Waals surface area contributed by atoms with Crippen LogP contribution < -0.4 is 9.30 Å². The zero-order valence-corrected chi connectivity index (χ0v) is 7.89. The summed E-state index contributed by atoms with van der Waals surface area (Å²) in [6.07, 6.45) is 2.32. The molecule has 1 heterocycles. The molecule has 0 aliphatic rings. The predicted octanol–water partition coefficient (Wildman–Crippen LogP) is 0.514. The molecule has 0 spiro atoms. The first-order valence-corrected chi connectivity index (χ1v) is 3.91. The van der Waals surface area contributed by atoms with Crippen molar-refractivity contribution in [2.24, 2.45) is 0 Å². The predicted molar refractivity (Wildman–Crippen MR) is 45.7 cm³/mol. The molecule has 0 unspecified atom stereocenters. The van der Waals surface area contributed by atoms with Crippen molar-refractivity contribution in [3.8, 4) is 5.75 Å². The van der Waals surface area contributed by atoms with Crippen molar-refractivity contribution in [2.75, 3.05) is 7.11 Å². The summed E-state index contributed by atoms with van der Waals surface area (Å²) in [6, 6.07) is 3.15. The van der Waals surface area contributed by atoms with Crippen LogP contribution in [0.15, 0.2) is 24.5 Å². The third-order valence-corrected chi connectivity index (χ3v) is 1.42. The molecule has 74 valence electrons. The maximum atomic E-state index is 11.1. The number of carbonyl (C=O) groups excluding carboxylic acids is 2. The summed E-state index contributed by atoms with van der Waals surface area (Å²) < 4.78 is 10.4. The van der Waals surface area contributed by atoms with Crippen LogP contribution in [0.5, 0.6) is 5.75 Å². The van der Waals surface area contributed by atoms with Crippen molar-refractivity contribution >= 4 is 12.1 Å². The zero-order valence-electron chi connectivity index (χ0n) is 7.89. The van der Waals surface area contributed by atoms with Crippen molar-refractivity contribution in [3.05, 3.63) is 24.5 Å². The SMILES string of the molecule is COC(=O)[n+]1cccc(OC(C)=O)c1. The average molecular weight is 196 g/mol. The van der Waals surface area contributed by atoms with Crippen molar-refractivity contribution in [1.82, 2.24) is 0 Å². The Morgan fingerprint density at radius 2 is 2.14 bits per heavy atom. The molecule has 0 aliphatic heterocycles. The smallest absolute Gasteiger partial charge is 0.420 e. The second kappa shape index (κ2) is 4.36. The number of carbonyl (C=O) groups is 2. The third-order valence-electron chi connectivity index (χ3n) is 1.42. The first kappa shape index (κ1) is 10.2. The van der Waals surface area contributed by atoms with Gasteiger partial charge in [0.2, 0.25) is 6.20 Å². The summed E-state index contributed by atoms with van der Waals surface area (Å²) in [7, 11) is 1.27. The number of nitrogens with zero attached hydrogens (tertiary/aromatic N) is 1. The van der Waals surface area contributed by atoms with Crippen molar-refractivity contribution in [3.63, 3.8) is 0 Å². The molecule has 0 amide bonds. The number of hydrogen-bond donors (Lipinski definition) is 0. The number of methoxy groups -OCH3 is 1. The molecule has 0 bridgehead atoms. The molecule has 0 radical (unpaired) electrons. The highest BCUT2D eigenvalue weighted by atomic mass is 16.5. The van der Waals surface area contributed by atoms with E-state index in [9.17, 15) is 9.59 Å². The Hall–Kier alpha value is -1.91. The molecule has 0 aliphatic carbocycles. The lowest BCUT2D eigenvalue weighted by Crippen LogP contribution is -2.42. The Labute approximate surface area is 80.9 Å². The minimum absolute atomic E-state index is 0.297. The highest BCUT2D eigenvalue weighted by Crippen LogP contribution is 2.05. The topological polar surface area (TPSA) is 56.5 Å². The van der Waals surface area contributed by atoms with Gasteiger partial charge in [0, 0.05) is 13.0 Å². The maximum Gasteiger partial charge on any atom is 0.601 e. The van der Waals surface area contributed by atoms with Gasteiger partial charge in [-0.2, -0.15) is 4.79 Å². The van der Waals surface area contributed by atoms with E-state index in [1.807, 2.05) is 0 Å². The van der Waals surface area contributed by atoms with E-state index >= 15 is 0 Å². The molecular weight excluding hydrogens is 186 g/mol. The van der Waals surface area contributed by atoms with E-state index in [0.29, 0.717) is 5.75 Å². The van der Waals surface area contributed by atoms with Crippen molar-refractivity contribution in [1.29, 1.82) is 0 Å². The van der Waals surface area contributed by atoms with Gasteiger partial charge in [-0.1, -0.05) is 4.57 Å².